The summed E-state index contributed by atoms with van der Waals surface area (Å²) in [6, 6.07) is 6.72. The number of rotatable bonds is 6. The van der Waals surface area contributed by atoms with E-state index in [-0.39, 0.29) is 18.5 Å². The minimum Gasteiger partial charge on any atom is -0.491 e. The van der Waals surface area contributed by atoms with E-state index in [4.69, 9.17) is 14.5 Å². The summed E-state index contributed by atoms with van der Waals surface area (Å²) in [6.07, 6.45) is 3.32. The molecule has 4 heterocycles. The summed E-state index contributed by atoms with van der Waals surface area (Å²) in [5, 5.41) is 4.40. The van der Waals surface area contributed by atoms with E-state index in [0.717, 1.165) is 5.56 Å². The molecule has 1 aliphatic heterocycles. The minimum absolute atomic E-state index is 0.102. The first-order valence-corrected chi connectivity index (χ1v) is 9.87. The first-order valence-electron chi connectivity index (χ1n) is 9.87. The van der Waals surface area contributed by atoms with E-state index in [1.807, 2.05) is 6.92 Å². The molecule has 0 aliphatic carbocycles. The molecule has 0 spiro atoms. The molecule has 0 fully saturated rings. The van der Waals surface area contributed by atoms with Gasteiger partial charge < -0.3 is 9.47 Å². The Balaban J connectivity index is 1.66. The van der Waals surface area contributed by atoms with Crippen molar-refractivity contribution < 1.29 is 18.7 Å². The van der Waals surface area contributed by atoms with E-state index < -0.39 is 5.67 Å². The van der Waals surface area contributed by atoms with E-state index in [0.29, 0.717) is 34.4 Å². The van der Waals surface area contributed by atoms with Crippen LogP contribution in [0.25, 0.3) is 11.3 Å². The number of ether oxygens (including phenoxy) is 2. The molecule has 0 N–H and O–H groups in total. The first kappa shape index (κ1) is 20.8. The van der Waals surface area contributed by atoms with Crippen molar-refractivity contribution in [2.75, 3.05) is 19.1 Å². The molecule has 1 atom stereocenters. The fourth-order valence-corrected chi connectivity index (χ4v) is 3.69. The Morgan fingerprint density at radius 3 is 2.65 bits per heavy atom. The standard InChI is InChI=1S/C22H24FN5O3/c1-13-19-15(21(29)28(13)18-8-9-27(26-18)12-22(2,3)23)6-7-16(25-19)14-10-17(30-4)20(31-5)24-11-14/h6-11,13H,12H2,1-5H3/t13-/m0/s1. The number of halogens is 1. The second-order valence-corrected chi connectivity index (χ2v) is 8.01. The molecule has 0 saturated heterocycles. The van der Waals surface area contributed by atoms with Crippen LogP contribution in [0.15, 0.2) is 36.7 Å². The Hall–Kier alpha value is -3.49. The van der Waals surface area contributed by atoms with Gasteiger partial charge in [-0.2, -0.15) is 5.10 Å². The lowest BCUT2D eigenvalue weighted by Gasteiger charge is -2.19. The van der Waals surface area contributed by atoms with Crippen LogP contribution in [0.1, 0.15) is 42.9 Å². The van der Waals surface area contributed by atoms with E-state index >= 15 is 0 Å². The largest absolute Gasteiger partial charge is 0.491 e. The van der Waals surface area contributed by atoms with Gasteiger partial charge in [0.2, 0.25) is 0 Å². The zero-order valence-corrected chi connectivity index (χ0v) is 18.1. The molecule has 3 aromatic rings. The number of carbonyl (C=O) groups is 1. The second-order valence-electron chi connectivity index (χ2n) is 8.01. The highest BCUT2D eigenvalue weighted by molar-refractivity contribution is 6.10. The second kappa shape index (κ2) is 7.64. The van der Waals surface area contributed by atoms with Gasteiger partial charge in [-0.3, -0.25) is 14.4 Å². The van der Waals surface area contributed by atoms with Crippen molar-refractivity contribution >= 4 is 11.7 Å². The van der Waals surface area contributed by atoms with E-state index in [2.05, 4.69) is 10.1 Å². The highest BCUT2D eigenvalue weighted by Gasteiger charge is 2.38. The lowest BCUT2D eigenvalue weighted by atomic mass is 10.1. The highest BCUT2D eigenvalue weighted by Crippen LogP contribution is 2.37. The van der Waals surface area contributed by atoms with Crippen molar-refractivity contribution in [2.45, 2.75) is 39.0 Å². The number of hydrogen-bond acceptors (Lipinski definition) is 6. The number of hydrogen-bond donors (Lipinski definition) is 0. The number of aromatic nitrogens is 4. The van der Waals surface area contributed by atoms with Gasteiger partial charge in [-0.15, -0.1) is 0 Å². The quantitative estimate of drug-likeness (QED) is 0.597. The van der Waals surface area contributed by atoms with Gasteiger partial charge in [-0.1, -0.05) is 0 Å². The lowest BCUT2D eigenvalue weighted by Crippen LogP contribution is -2.27. The fourth-order valence-electron chi connectivity index (χ4n) is 3.69. The van der Waals surface area contributed by atoms with Crippen LogP contribution in [0.4, 0.5) is 10.2 Å². The monoisotopic (exact) mass is 425 g/mol. The SMILES string of the molecule is COc1cc(-c2ccc3c(n2)[C@H](C)N(c2ccn(CC(C)(C)F)n2)C3=O)cnc1OC. The molecule has 1 amide bonds. The Labute approximate surface area is 179 Å². The molecule has 3 aromatic heterocycles. The molecule has 162 valence electrons. The molecule has 1 aliphatic rings. The molecule has 0 bridgehead atoms. The maximum atomic E-state index is 14.0. The van der Waals surface area contributed by atoms with Crippen LogP contribution in [-0.4, -0.2) is 45.5 Å². The number of carbonyl (C=O) groups excluding carboxylic acids is 1. The maximum Gasteiger partial charge on any atom is 0.262 e. The van der Waals surface area contributed by atoms with E-state index in [1.165, 1.54) is 25.6 Å². The average molecular weight is 425 g/mol. The van der Waals surface area contributed by atoms with Gasteiger partial charge in [0.1, 0.15) is 5.67 Å². The van der Waals surface area contributed by atoms with Gasteiger partial charge in [-0.25, -0.2) is 14.4 Å². The Bertz CT molecular complexity index is 1140. The fraction of sp³-hybridized carbons (Fsp3) is 0.364. The first-order chi connectivity index (χ1) is 14.7. The van der Waals surface area contributed by atoms with Gasteiger partial charge in [0.05, 0.1) is 43.8 Å². The summed E-state index contributed by atoms with van der Waals surface area (Å²) in [5.74, 6) is 1.16. The van der Waals surface area contributed by atoms with E-state index in [9.17, 15) is 9.18 Å². The van der Waals surface area contributed by atoms with Crippen LogP contribution in [-0.2, 0) is 6.54 Å². The molecule has 0 saturated carbocycles. The molecular formula is C22H24FN5O3. The summed E-state index contributed by atoms with van der Waals surface area (Å²) in [6.45, 7) is 4.97. The van der Waals surface area contributed by atoms with Crippen molar-refractivity contribution in [3.63, 3.8) is 0 Å². The summed E-state index contributed by atoms with van der Waals surface area (Å²) < 4.78 is 26.0. The van der Waals surface area contributed by atoms with Gasteiger partial charge in [-0.05, 0) is 39.0 Å². The third-order valence-electron chi connectivity index (χ3n) is 5.10. The number of pyridine rings is 2. The Kier molecular flexibility index (Phi) is 5.12. The maximum absolute atomic E-state index is 14.0. The molecule has 0 aromatic carbocycles. The van der Waals surface area contributed by atoms with Crippen molar-refractivity contribution in [1.29, 1.82) is 0 Å². The van der Waals surface area contributed by atoms with E-state index in [1.54, 1.807) is 48.7 Å². The summed E-state index contributed by atoms with van der Waals surface area (Å²) in [5.41, 5.74) is 1.17. The predicted molar refractivity (Wildman–Crippen MR) is 113 cm³/mol. The van der Waals surface area contributed by atoms with Crippen molar-refractivity contribution in [1.82, 2.24) is 19.7 Å². The van der Waals surface area contributed by atoms with Crippen molar-refractivity contribution in [3.8, 4) is 22.9 Å². The van der Waals surface area contributed by atoms with Crippen molar-refractivity contribution in [2.24, 2.45) is 0 Å². The molecule has 9 heteroatoms. The molecule has 0 radical (unpaired) electrons. The van der Waals surface area contributed by atoms with Gasteiger partial charge in [0, 0.05) is 24.0 Å². The molecule has 0 unspecified atom stereocenters. The van der Waals surface area contributed by atoms with Gasteiger partial charge in [0.25, 0.3) is 11.8 Å². The number of alkyl halides is 1. The smallest absolute Gasteiger partial charge is 0.262 e. The van der Waals surface area contributed by atoms with Crippen LogP contribution in [0.2, 0.25) is 0 Å². The average Bonchev–Trinajstić information content (AvgIpc) is 3.27. The topological polar surface area (TPSA) is 82.4 Å². The van der Waals surface area contributed by atoms with Crippen LogP contribution in [0, 0.1) is 0 Å². The molecule has 8 nitrogen and oxygen atoms in total. The van der Waals surface area contributed by atoms with Gasteiger partial charge >= 0.3 is 0 Å². The molecule has 31 heavy (non-hydrogen) atoms. The Morgan fingerprint density at radius 1 is 1.19 bits per heavy atom. The molecule has 4 rings (SSSR count). The summed E-state index contributed by atoms with van der Waals surface area (Å²) in [7, 11) is 3.07. The third-order valence-corrected chi connectivity index (χ3v) is 5.10. The number of fused-ring (bicyclic) bond motifs is 1. The number of nitrogens with zero attached hydrogens (tertiary/aromatic N) is 5. The minimum atomic E-state index is -1.41. The van der Waals surface area contributed by atoms with Crippen LogP contribution in [0.5, 0.6) is 11.6 Å². The summed E-state index contributed by atoms with van der Waals surface area (Å²) in [4.78, 5) is 23.6. The Morgan fingerprint density at radius 2 is 1.97 bits per heavy atom. The molecular weight excluding hydrogens is 401 g/mol. The number of amides is 1. The van der Waals surface area contributed by atoms with Crippen LogP contribution >= 0.6 is 0 Å². The van der Waals surface area contributed by atoms with Gasteiger partial charge in [0.15, 0.2) is 11.6 Å². The zero-order chi connectivity index (χ0) is 22.3. The normalized spacial score (nSPS) is 15.9. The van der Waals surface area contributed by atoms with Crippen LogP contribution in [0.3, 0.4) is 0 Å². The van der Waals surface area contributed by atoms with Crippen LogP contribution < -0.4 is 14.4 Å². The van der Waals surface area contributed by atoms with Crippen molar-refractivity contribution in [3.05, 3.63) is 47.9 Å². The summed E-state index contributed by atoms with van der Waals surface area (Å²) >= 11 is 0. The number of anilines is 1. The highest BCUT2D eigenvalue weighted by atomic mass is 19.1. The third kappa shape index (κ3) is 3.83. The lowest BCUT2D eigenvalue weighted by molar-refractivity contribution is 0.0991. The number of methoxy groups -OCH3 is 2. The predicted octanol–water partition coefficient (Wildman–Crippen LogP) is 3.83. The zero-order valence-electron chi connectivity index (χ0n) is 18.1.